The monoisotopic (exact) mass is 1900 g/mol. The number of amides is 8. The van der Waals surface area contributed by atoms with E-state index in [0.29, 0.717) is 80.5 Å². The molecule has 15 heterocycles. The number of morpholine rings is 1. The summed E-state index contributed by atoms with van der Waals surface area (Å²) in [5, 5.41) is 30.5. The minimum atomic E-state index is -4.54. The number of ether oxygens (including phenoxy) is 2. The van der Waals surface area contributed by atoms with E-state index in [-0.39, 0.29) is 165 Å². The number of aliphatic hydroxyl groups excluding tert-OH is 2. The number of nitrogens with one attached hydrogen (secondary N) is 4. The zero-order valence-corrected chi connectivity index (χ0v) is 71.6. The SMILES string of the molecule is Cl.Cl.O=C(NC1CC1)N1c2nc(-c3cccc(C(F)(F)F)c3)c(Cl)cc2N2CC[C@H]1C2.O=C(NC1CC1)N1c2nc(-c3cccc(C(F)(F)F)c3)c(Cl)cc2N2CC[C@H]1C2.O=C(Nc1ccccn1)N1c2nc(N3CCOC(C(F)(F)F)C3)ccc2N2CC[C@H]1C2.O=C(Nc1ccnc(OC[C@H](O)CO)n1)N1c2nc(-c3cccc(C(F)(F)F)c3)c(Cl)cc2N2CC[C@H]1C2. The predicted octanol–water partition coefficient (Wildman–Crippen LogP) is 16.7. The molecule has 20 rings (SSSR count). The molecule has 45 heteroatoms. The highest BCUT2D eigenvalue weighted by atomic mass is 35.5. The Morgan fingerprint density at radius 2 is 0.853 bits per heavy atom. The summed E-state index contributed by atoms with van der Waals surface area (Å²) in [5.41, 5.74) is 1.82. The van der Waals surface area contributed by atoms with Gasteiger partial charge in [-0.3, -0.25) is 30.2 Å². The van der Waals surface area contributed by atoms with Gasteiger partial charge in [-0.25, -0.2) is 49.1 Å². The second-order valence-electron chi connectivity index (χ2n) is 32.0. The number of halogens is 17. The highest BCUT2D eigenvalue weighted by Gasteiger charge is 2.49. The Morgan fingerprint density at radius 3 is 1.25 bits per heavy atom. The van der Waals surface area contributed by atoms with Crippen LogP contribution in [0.4, 0.5) is 135 Å². The molecule has 1 unspecified atom stereocenters. The lowest BCUT2D eigenvalue weighted by molar-refractivity contribution is -0.221. The fourth-order valence-corrected chi connectivity index (χ4v) is 17.5. The van der Waals surface area contributed by atoms with Gasteiger partial charge in [0.2, 0.25) is 0 Å². The van der Waals surface area contributed by atoms with Crippen molar-refractivity contribution in [3.8, 4) is 39.8 Å². The molecule has 6 atom stereocenters. The van der Waals surface area contributed by atoms with Crippen LogP contribution in [0.1, 0.15) is 68.1 Å². The van der Waals surface area contributed by atoms with Crippen LogP contribution >= 0.6 is 59.6 Å². The summed E-state index contributed by atoms with van der Waals surface area (Å²) in [4.78, 5) is 99.3. The van der Waals surface area contributed by atoms with Crippen LogP contribution < -0.4 is 70.1 Å². The Kier molecular flexibility index (Phi) is 26.8. The number of aliphatic hydroxyl groups is 2. The number of alkyl halides is 12. The second-order valence-corrected chi connectivity index (χ2v) is 33.2. The molecular weight excluding hydrogens is 1820 g/mol. The van der Waals surface area contributed by atoms with Crippen LogP contribution in [0.3, 0.4) is 0 Å². The van der Waals surface area contributed by atoms with E-state index in [2.05, 4.69) is 70.9 Å². The standard InChI is InChI=1S/C24H22ClF3N6O4.2C20H18ClF3N4O.C20H21F3N6O2.2ClH/c25-17-9-18-21(32-20(17)13-2-1-3-14(8-13)24(26,27)28)34(15-5-7-33(18)10-15)23(37)31-19-4-6-29-22(30-19)38-12-16(36)11-35;2*21-15-9-16-18(26-17(15)11-2-1-3-12(8-11)20(22,23)24)28(14-6-7-27(16)10-14)19(29)25-13-4-5-13;21-20(22,23)15-12-28(9-10-31-15)17-5-4-14-18(26-17)29(13-6-8-27(14)11-13)19(30)25-16-3-1-2-7-24-16;;/h1-4,6,8-9,15-16,35-36H,5,7,10-12H2,(H,29,30,31,37);2*1-3,8-9,13-14H,4-7,10H2,(H,25,29);1-5,7,13,15H,6,8-12H2,(H,24,25,30);2*1H/t15-,16+;2*14-;13-,15?;;/m0000../s1. The van der Waals surface area contributed by atoms with Crippen molar-refractivity contribution in [1.82, 2.24) is 45.5 Å². The molecule has 8 amide bonds. The van der Waals surface area contributed by atoms with Gasteiger partial charge in [-0.05, 0) is 136 Å². The van der Waals surface area contributed by atoms with E-state index in [1.165, 1.54) is 41.4 Å². The topological polar surface area (TPSA) is 295 Å². The lowest BCUT2D eigenvalue weighted by Gasteiger charge is -2.38. The summed E-state index contributed by atoms with van der Waals surface area (Å²) < 4.78 is 168. The predicted molar refractivity (Wildman–Crippen MR) is 464 cm³/mol. The normalized spacial score (nSPS) is 19.9. The van der Waals surface area contributed by atoms with Gasteiger partial charge in [-0.15, -0.1) is 24.8 Å². The maximum atomic E-state index is 13.5. The Bertz CT molecular complexity index is 5520. The second kappa shape index (κ2) is 37.4. The van der Waals surface area contributed by atoms with Gasteiger partial charge >= 0.3 is 54.8 Å². The molecule has 28 nitrogen and oxygen atoms in total. The number of carbonyl (C=O) groups is 4. The number of anilines is 11. The van der Waals surface area contributed by atoms with Crippen molar-refractivity contribution in [2.24, 2.45) is 0 Å². The van der Waals surface area contributed by atoms with Gasteiger partial charge in [-0.1, -0.05) is 77.3 Å². The van der Waals surface area contributed by atoms with Crippen molar-refractivity contribution < 1.29 is 91.5 Å². The summed E-state index contributed by atoms with van der Waals surface area (Å²) in [7, 11) is 0. The van der Waals surface area contributed by atoms with Crippen LogP contribution in [0.5, 0.6) is 6.01 Å². The van der Waals surface area contributed by atoms with Crippen LogP contribution in [0.2, 0.25) is 15.1 Å². The number of benzene rings is 3. The average molecular weight is 1900 g/mol. The van der Waals surface area contributed by atoms with Crippen LogP contribution in [-0.2, 0) is 23.3 Å². The summed E-state index contributed by atoms with van der Waals surface area (Å²) in [6.07, 6.45) is -11.0. The Morgan fingerprint density at radius 1 is 0.442 bits per heavy atom. The quantitative estimate of drug-likeness (QED) is 0.0619. The maximum absolute atomic E-state index is 13.5. The van der Waals surface area contributed by atoms with Crippen molar-refractivity contribution in [2.75, 3.05) is 140 Å². The number of hydrogen-bond acceptors (Lipinski definition) is 20. The minimum Gasteiger partial charge on any atom is -0.461 e. The molecule has 11 aliphatic rings. The third-order valence-electron chi connectivity index (χ3n) is 23.3. The molecule has 9 aromatic rings. The number of aromatic nitrogens is 7. The van der Waals surface area contributed by atoms with Crippen LogP contribution in [0, 0.1) is 0 Å². The van der Waals surface area contributed by atoms with E-state index in [0.717, 1.165) is 118 Å². The summed E-state index contributed by atoms with van der Waals surface area (Å²) in [6, 6.07) is 28.4. The fraction of sp³-hybridized carbons (Fsp3) is 0.393. The first-order chi connectivity index (χ1) is 60.6. The van der Waals surface area contributed by atoms with Crippen molar-refractivity contribution in [1.29, 1.82) is 0 Å². The first-order valence-electron chi connectivity index (χ1n) is 40.8. The first-order valence-corrected chi connectivity index (χ1v) is 41.9. The average Bonchev–Trinajstić information content (AvgIpc) is 1.68. The Balaban J connectivity index is 0.000000132. The van der Waals surface area contributed by atoms with Gasteiger partial charge in [0.25, 0.3) is 0 Å². The molecule has 0 spiro atoms. The third kappa shape index (κ3) is 20.1. The van der Waals surface area contributed by atoms with Gasteiger partial charge < -0.3 is 54.8 Å². The number of fused-ring (bicyclic) bond motifs is 16. The summed E-state index contributed by atoms with van der Waals surface area (Å²) in [6.45, 7) is 4.83. The van der Waals surface area contributed by atoms with Crippen LogP contribution in [0.15, 0.2) is 140 Å². The van der Waals surface area contributed by atoms with Crippen molar-refractivity contribution in [3.05, 3.63) is 172 Å². The summed E-state index contributed by atoms with van der Waals surface area (Å²) >= 11 is 19.3. The molecule has 5 saturated heterocycles. The fourth-order valence-electron chi connectivity index (χ4n) is 16.7. The van der Waals surface area contributed by atoms with E-state index in [1.54, 1.807) is 80.4 Å². The number of carbonyl (C=O) groups excluding carboxylic acids is 4. The molecule has 6 N–H and O–H groups in total. The molecule has 129 heavy (non-hydrogen) atoms. The summed E-state index contributed by atoms with van der Waals surface area (Å²) in [5.74, 6) is 2.57. The van der Waals surface area contributed by atoms with E-state index in [9.17, 15) is 77.0 Å². The van der Waals surface area contributed by atoms with Gasteiger partial charge in [0, 0.05) is 100 Å². The molecule has 2 aliphatic carbocycles. The largest absolute Gasteiger partial charge is 0.461 e. The van der Waals surface area contributed by atoms with Gasteiger partial charge in [0.1, 0.15) is 30.2 Å². The number of hydrogen-bond donors (Lipinski definition) is 6. The minimum absolute atomic E-state index is 0. The van der Waals surface area contributed by atoms with Gasteiger partial charge in [0.15, 0.2) is 29.4 Å². The van der Waals surface area contributed by atoms with E-state index < -0.39 is 66.2 Å². The molecule has 8 bridgehead atoms. The smallest absolute Gasteiger partial charge is 0.416 e. The molecule has 2 saturated carbocycles. The van der Waals surface area contributed by atoms with E-state index in [1.807, 2.05) is 11.0 Å². The van der Waals surface area contributed by atoms with Crippen LogP contribution in [-0.4, -0.2) is 209 Å². The zero-order valence-electron chi connectivity index (χ0n) is 67.7. The molecular formula is C84H81Cl5F12N20O8. The molecule has 7 fully saturated rings. The Labute approximate surface area is 756 Å². The van der Waals surface area contributed by atoms with Crippen molar-refractivity contribution in [3.63, 3.8) is 0 Å². The van der Waals surface area contributed by atoms with Gasteiger partial charge in [-0.2, -0.15) is 57.7 Å². The van der Waals surface area contributed by atoms with Gasteiger partial charge in [0.05, 0.1) is 116 Å². The van der Waals surface area contributed by atoms with E-state index in [4.69, 9.17) is 49.4 Å². The number of rotatable bonds is 12. The first kappa shape index (κ1) is 92.6. The number of pyridine rings is 5. The van der Waals surface area contributed by atoms with E-state index >= 15 is 0 Å². The number of urea groups is 4. The van der Waals surface area contributed by atoms with Crippen molar-refractivity contribution in [2.45, 2.75) is 125 Å². The number of nitrogens with zero attached hydrogens (tertiary/aromatic N) is 16. The lowest BCUT2D eigenvalue weighted by atomic mass is 10.1. The highest BCUT2D eigenvalue weighted by Crippen LogP contribution is 2.50. The zero-order chi connectivity index (χ0) is 89.3. The molecule has 3 aromatic carbocycles. The van der Waals surface area contributed by atoms with Crippen LogP contribution in [0.25, 0.3) is 33.8 Å². The highest BCUT2D eigenvalue weighted by molar-refractivity contribution is 6.34. The van der Waals surface area contributed by atoms with Crippen molar-refractivity contribution >= 4 is 147 Å². The Hall–Kier alpha value is -11.1. The maximum Gasteiger partial charge on any atom is 0.416 e. The third-order valence-corrected chi connectivity index (χ3v) is 24.1. The lowest BCUT2D eigenvalue weighted by Crippen LogP contribution is -2.51. The molecule has 9 aliphatic heterocycles. The molecule has 684 valence electrons. The molecule has 6 aromatic heterocycles. The molecule has 0 radical (unpaired) electrons.